The number of hydrogen-bond acceptors (Lipinski definition) is 5. The van der Waals surface area contributed by atoms with Gasteiger partial charge in [0, 0.05) is 22.6 Å². The lowest BCUT2D eigenvalue weighted by Gasteiger charge is -2.13. The molecule has 1 amide bonds. The van der Waals surface area contributed by atoms with Crippen LogP contribution in [0.2, 0.25) is 0 Å². The quantitative estimate of drug-likeness (QED) is 0.230. The van der Waals surface area contributed by atoms with E-state index in [1.165, 1.54) is 23.0 Å². The Balaban J connectivity index is 1.40. The van der Waals surface area contributed by atoms with Crippen LogP contribution in [0.1, 0.15) is 29.4 Å². The number of rotatable bonds is 7. The van der Waals surface area contributed by atoms with E-state index in [1.807, 2.05) is 24.3 Å². The highest BCUT2D eigenvalue weighted by molar-refractivity contribution is 8.01. The van der Waals surface area contributed by atoms with Crippen molar-refractivity contribution in [3.05, 3.63) is 77.1 Å². The number of aromatic nitrogens is 2. The first-order chi connectivity index (χ1) is 15.1. The Morgan fingerprint density at radius 1 is 1.19 bits per heavy atom. The summed E-state index contributed by atoms with van der Waals surface area (Å²) in [4.78, 5) is 16.7. The van der Waals surface area contributed by atoms with Crippen LogP contribution in [0.5, 0.6) is 0 Å². The van der Waals surface area contributed by atoms with Crippen molar-refractivity contribution in [2.24, 2.45) is 5.10 Å². The van der Waals surface area contributed by atoms with Crippen molar-refractivity contribution >= 4 is 45.4 Å². The van der Waals surface area contributed by atoms with Gasteiger partial charge in [0.2, 0.25) is 0 Å². The summed E-state index contributed by atoms with van der Waals surface area (Å²) < 4.78 is 4.26. The first-order valence-corrected chi connectivity index (χ1v) is 11.9. The van der Waals surface area contributed by atoms with Gasteiger partial charge in [-0.25, -0.2) is 10.4 Å². The summed E-state index contributed by atoms with van der Waals surface area (Å²) in [6, 6.07) is 18.5. The molecule has 2 aromatic heterocycles. The molecule has 0 aliphatic rings. The number of aryl methyl sites for hydroxylation is 2. The SMILES string of the molecule is CCc1ccccc1-n1c(C)cc(/C=N/NC(=O)CSc2nc3ccccc3s2)c1C. The lowest BCUT2D eigenvalue weighted by Crippen LogP contribution is -2.19. The third kappa shape index (κ3) is 4.73. The molecule has 0 aliphatic carbocycles. The largest absolute Gasteiger partial charge is 0.318 e. The Hall–Kier alpha value is -2.90. The van der Waals surface area contributed by atoms with E-state index in [0.29, 0.717) is 0 Å². The zero-order valence-electron chi connectivity index (χ0n) is 17.8. The third-order valence-corrected chi connectivity index (χ3v) is 7.26. The van der Waals surface area contributed by atoms with E-state index in [1.54, 1.807) is 17.6 Å². The molecule has 2 aromatic carbocycles. The van der Waals surface area contributed by atoms with Crippen LogP contribution in [-0.2, 0) is 11.2 Å². The van der Waals surface area contributed by atoms with Crippen molar-refractivity contribution in [1.82, 2.24) is 15.0 Å². The summed E-state index contributed by atoms with van der Waals surface area (Å²) >= 11 is 3.03. The molecule has 0 spiro atoms. The number of carbonyl (C=O) groups excluding carboxylic acids is 1. The van der Waals surface area contributed by atoms with Gasteiger partial charge in [-0.2, -0.15) is 5.10 Å². The van der Waals surface area contributed by atoms with Crippen LogP contribution in [0.25, 0.3) is 15.9 Å². The molecule has 2 heterocycles. The molecule has 5 nitrogen and oxygen atoms in total. The average Bonchev–Trinajstić information content (AvgIpc) is 3.32. The second-order valence-corrected chi connectivity index (χ2v) is 9.43. The predicted octanol–water partition coefficient (Wildman–Crippen LogP) is 5.51. The Labute approximate surface area is 190 Å². The Bertz CT molecular complexity index is 1220. The number of hydrogen-bond donors (Lipinski definition) is 1. The lowest BCUT2D eigenvalue weighted by atomic mass is 10.1. The molecule has 0 saturated heterocycles. The highest BCUT2D eigenvalue weighted by atomic mass is 32.2. The van der Waals surface area contributed by atoms with Crippen LogP contribution in [0.4, 0.5) is 0 Å². The van der Waals surface area contributed by atoms with E-state index in [4.69, 9.17) is 0 Å². The van der Waals surface area contributed by atoms with Crippen molar-refractivity contribution in [3.63, 3.8) is 0 Å². The summed E-state index contributed by atoms with van der Waals surface area (Å²) in [5, 5.41) is 4.18. The number of thioether (sulfide) groups is 1. The molecule has 0 fully saturated rings. The molecule has 0 saturated carbocycles. The molecular formula is C24H24N4OS2. The number of thiazole rings is 1. The minimum atomic E-state index is -0.148. The molecule has 7 heteroatoms. The van der Waals surface area contributed by atoms with Gasteiger partial charge in [0.1, 0.15) is 0 Å². The van der Waals surface area contributed by atoms with E-state index in [2.05, 4.69) is 71.2 Å². The molecule has 4 aromatic rings. The number of nitrogens with one attached hydrogen (secondary N) is 1. The van der Waals surface area contributed by atoms with Gasteiger partial charge in [0.25, 0.3) is 5.91 Å². The monoisotopic (exact) mass is 448 g/mol. The predicted molar refractivity (Wildman–Crippen MR) is 131 cm³/mol. The maximum Gasteiger partial charge on any atom is 0.250 e. The van der Waals surface area contributed by atoms with E-state index < -0.39 is 0 Å². The van der Waals surface area contributed by atoms with Crippen LogP contribution in [0, 0.1) is 13.8 Å². The number of nitrogens with zero attached hydrogens (tertiary/aromatic N) is 3. The summed E-state index contributed by atoms with van der Waals surface area (Å²) in [6.45, 7) is 6.33. The molecule has 0 radical (unpaired) electrons. The Morgan fingerprint density at radius 2 is 1.97 bits per heavy atom. The minimum Gasteiger partial charge on any atom is -0.318 e. The van der Waals surface area contributed by atoms with E-state index in [9.17, 15) is 4.79 Å². The van der Waals surface area contributed by atoms with Gasteiger partial charge < -0.3 is 4.57 Å². The first kappa shape index (κ1) is 21.3. The molecular weight excluding hydrogens is 424 g/mol. The van der Waals surface area contributed by atoms with Gasteiger partial charge in [-0.1, -0.05) is 49.0 Å². The van der Waals surface area contributed by atoms with Gasteiger partial charge in [-0.3, -0.25) is 4.79 Å². The van der Waals surface area contributed by atoms with Gasteiger partial charge in [0.15, 0.2) is 4.34 Å². The fourth-order valence-corrected chi connectivity index (χ4v) is 5.42. The molecule has 4 rings (SSSR count). The summed E-state index contributed by atoms with van der Waals surface area (Å²) in [7, 11) is 0. The van der Waals surface area contributed by atoms with E-state index in [-0.39, 0.29) is 11.7 Å². The van der Waals surface area contributed by atoms with Gasteiger partial charge >= 0.3 is 0 Å². The highest BCUT2D eigenvalue weighted by Gasteiger charge is 2.12. The molecule has 0 bridgehead atoms. The lowest BCUT2D eigenvalue weighted by molar-refractivity contribution is -0.118. The zero-order valence-corrected chi connectivity index (χ0v) is 19.4. The fourth-order valence-electron chi connectivity index (χ4n) is 3.56. The Morgan fingerprint density at radius 3 is 2.77 bits per heavy atom. The molecule has 0 atom stereocenters. The maximum absolute atomic E-state index is 12.2. The second kappa shape index (κ2) is 9.49. The highest BCUT2D eigenvalue weighted by Crippen LogP contribution is 2.29. The van der Waals surface area contributed by atoms with E-state index in [0.717, 1.165) is 37.9 Å². The van der Waals surface area contributed by atoms with Crippen molar-refractivity contribution in [2.75, 3.05) is 5.75 Å². The zero-order chi connectivity index (χ0) is 21.8. The van der Waals surface area contributed by atoms with E-state index >= 15 is 0 Å². The summed E-state index contributed by atoms with van der Waals surface area (Å²) in [5.74, 6) is 0.130. The summed E-state index contributed by atoms with van der Waals surface area (Å²) in [6.07, 6.45) is 2.69. The van der Waals surface area contributed by atoms with Crippen LogP contribution >= 0.6 is 23.1 Å². The molecule has 158 valence electrons. The molecule has 1 N–H and O–H groups in total. The van der Waals surface area contributed by atoms with Crippen LogP contribution in [0.3, 0.4) is 0 Å². The van der Waals surface area contributed by atoms with Crippen molar-refractivity contribution < 1.29 is 4.79 Å². The number of benzene rings is 2. The number of fused-ring (bicyclic) bond motifs is 1. The van der Waals surface area contributed by atoms with Crippen LogP contribution in [-0.4, -0.2) is 27.4 Å². The fraction of sp³-hybridized carbons (Fsp3) is 0.208. The standard InChI is InChI=1S/C24H24N4OS2/c1-4-18-9-5-7-11-21(18)28-16(2)13-19(17(28)3)14-25-27-23(29)15-30-24-26-20-10-6-8-12-22(20)31-24/h5-14H,4,15H2,1-3H3,(H,27,29)/b25-14+. The Kier molecular flexibility index (Phi) is 6.53. The van der Waals surface area contributed by atoms with Crippen molar-refractivity contribution in [1.29, 1.82) is 0 Å². The smallest absolute Gasteiger partial charge is 0.250 e. The topological polar surface area (TPSA) is 59.3 Å². The minimum absolute atomic E-state index is 0.148. The second-order valence-electron chi connectivity index (χ2n) is 7.17. The normalized spacial score (nSPS) is 11.5. The number of carbonyl (C=O) groups is 1. The number of para-hydroxylation sites is 2. The van der Waals surface area contributed by atoms with Crippen LogP contribution < -0.4 is 5.43 Å². The van der Waals surface area contributed by atoms with Crippen LogP contribution in [0.15, 0.2) is 64.0 Å². The van der Waals surface area contributed by atoms with Crippen molar-refractivity contribution in [3.8, 4) is 5.69 Å². The molecule has 0 aliphatic heterocycles. The first-order valence-electron chi connectivity index (χ1n) is 10.1. The average molecular weight is 449 g/mol. The van der Waals surface area contributed by atoms with Gasteiger partial charge in [0.05, 0.1) is 22.2 Å². The third-order valence-electron chi connectivity index (χ3n) is 5.08. The molecule has 0 unspecified atom stereocenters. The summed E-state index contributed by atoms with van der Waals surface area (Å²) in [5.41, 5.74) is 9.31. The number of amides is 1. The number of hydrazone groups is 1. The van der Waals surface area contributed by atoms with Crippen molar-refractivity contribution in [2.45, 2.75) is 31.5 Å². The maximum atomic E-state index is 12.2. The molecule has 31 heavy (non-hydrogen) atoms. The van der Waals surface area contributed by atoms with Gasteiger partial charge in [-0.05, 0) is 50.1 Å². The van der Waals surface area contributed by atoms with Gasteiger partial charge in [-0.15, -0.1) is 11.3 Å².